The molecule has 114 valence electrons. The first-order chi connectivity index (χ1) is 10.4. The molecule has 22 heavy (non-hydrogen) atoms. The van der Waals surface area contributed by atoms with Gasteiger partial charge in [-0.2, -0.15) is 9.98 Å². The Morgan fingerprint density at radius 3 is 2.55 bits per heavy atom. The third kappa shape index (κ3) is 3.29. The minimum atomic E-state index is -0.394. The number of hydrogen-bond donors (Lipinski definition) is 3. The van der Waals surface area contributed by atoms with E-state index < -0.39 is 5.91 Å². The van der Waals surface area contributed by atoms with Crippen LogP contribution in [0.3, 0.4) is 0 Å². The van der Waals surface area contributed by atoms with Gasteiger partial charge in [0, 0.05) is 29.8 Å². The van der Waals surface area contributed by atoms with Crippen LogP contribution in [0, 0.1) is 0 Å². The summed E-state index contributed by atoms with van der Waals surface area (Å²) < 4.78 is 5.05. The molecule has 0 bridgehead atoms. The normalized spacial score (nSPS) is 11.3. The summed E-state index contributed by atoms with van der Waals surface area (Å²) in [4.78, 5) is 22.7. The first kappa shape index (κ1) is 15.2. The molecule has 2 rings (SSSR count). The lowest BCUT2D eigenvalue weighted by molar-refractivity contribution is -0.115. The number of benzene rings is 1. The molecule has 8 nitrogen and oxygen atoms in total. The molecule has 0 saturated carbocycles. The average Bonchev–Trinajstić information content (AvgIpc) is 2.45. The van der Waals surface area contributed by atoms with E-state index in [4.69, 9.17) is 21.9 Å². The van der Waals surface area contributed by atoms with Gasteiger partial charge in [0.1, 0.15) is 5.84 Å². The number of nitrogens with two attached hydrogens (primary N) is 3. The van der Waals surface area contributed by atoms with E-state index in [9.17, 15) is 4.79 Å². The number of carbonyl (C=O) groups is 1. The molecule has 8 heteroatoms. The fourth-order valence-corrected chi connectivity index (χ4v) is 1.88. The molecular weight excluding hydrogens is 284 g/mol. The number of amides is 1. The number of aliphatic imine (C=N–C) groups is 1. The largest absolute Gasteiger partial charge is 0.481 e. The number of rotatable bonds is 3. The van der Waals surface area contributed by atoms with Gasteiger partial charge < -0.3 is 21.9 Å². The fourth-order valence-electron chi connectivity index (χ4n) is 1.88. The van der Waals surface area contributed by atoms with Crippen molar-refractivity contribution in [2.45, 2.75) is 6.92 Å². The zero-order valence-electron chi connectivity index (χ0n) is 12.2. The van der Waals surface area contributed by atoms with Crippen molar-refractivity contribution in [3.63, 3.8) is 0 Å². The van der Waals surface area contributed by atoms with Gasteiger partial charge in [0.05, 0.1) is 12.8 Å². The van der Waals surface area contributed by atoms with Crippen LogP contribution in [0.25, 0.3) is 11.3 Å². The average molecular weight is 300 g/mol. The molecule has 1 heterocycles. The molecule has 0 atom stereocenters. The van der Waals surface area contributed by atoms with Crippen LogP contribution in [0.5, 0.6) is 5.88 Å². The van der Waals surface area contributed by atoms with Crippen LogP contribution in [0.15, 0.2) is 29.3 Å². The van der Waals surface area contributed by atoms with E-state index in [1.807, 2.05) is 0 Å². The second-order valence-electron chi connectivity index (χ2n) is 4.47. The molecule has 0 spiro atoms. The summed E-state index contributed by atoms with van der Waals surface area (Å²) in [5.41, 5.74) is 19.5. The number of amidine groups is 1. The third-order valence-electron chi connectivity index (χ3n) is 2.83. The van der Waals surface area contributed by atoms with E-state index in [-0.39, 0.29) is 11.8 Å². The molecular formula is C14H16N6O2. The van der Waals surface area contributed by atoms with Crippen molar-refractivity contribution in [1.29, 1.82) is 0 Å². The molecule has 1 aromatic heterocycles. The molecule has 0 aliphatic rings. The molecule has 0 radical (unpaired) electrons. The Kier molecular flexibility index (Phi) is 4.21. The second kappa shape index (κ2) is 6.08. The van der Waals surface area contributed by atoms with Crippen LogP contribution in [0.2, 0.25) is 0 Å². The van der Waals surface area contributed by atoms with E-state index in [0.29, 0.717) is 28.4 Å². The van der Waals surface area contributed by atoms with Gasteiger partial charge in [-0.3, -0.25) is 4.79 Å². The van der Waals surface area contributed by atoms with Crippen molar-refractivity contribution in [2.24, 2.45) is 10.7 Å². The number of ether oxygens (including phenoxy) is 1. The van der Waals surface area contributed by atoms with Crippen molar-refractivity contribution in [1.82, 2.24) is 9.97 Å². The van der Waals surface area contributed by atoms with Crippen molar-refractivity contribution in [3.8, 4) is 17.1 Å². The number of methoxy groups -OCH3 is 1. The Labute approximate surface area is 127 Å². The Bertz CT molecular complexity index is 757. The third-order valence-corrected chi connectivity index (χ3v) is 2.83. The molecule has 0 aliphatic heterocycles. The highest BCUT2D eigenvalue weighted by atomic mass is 16.5. The van der Waals surface area contributed by atoms with Crippen LogP contribution in [0.4, 0.5) is 11.6 Å². The topological polar surface area (TPSA) is 142 Å². The summed E-state index contributed by atoms with van der Waals surface area (Å²) in [7, 11) is 1.49. The molecule has 0 aliphatic carbocycles. The smallest absolute Gasteiger partial charge is 0.244 e. The fraction of sp³-hybridized carbons (Fsp3) is 0.143. The van der Waals surface area contributed by atoms with Crippen LogP contribution in [0.1, 0.15) is 12.5 Å². The molecule has 0 fully saturated rings. The van der Waals surface area contributed by atoms with Crippen molar-refractivity contribution >= 4 is 23.4 Å². The monoisotopic (exact) mass is 300 g/mol. The van der Waals surface area contributed by atoms with Gasteiger partial charge in [-0.1, -0.05) is 6.07 Å². The van der Waals surface area contributed by atoms with Crippen LogP contribution in [-0.2, 0) is 4.79 Å². The highest BCUT2D eigenvalue weighted by molar-refractivity contribution is 6.07. The van der Waals surface area contributed by atoms with E-state index in [2.05, 4.69) is 15.0 Å². The zero-order valence-corrected chi connectivity index (χ0v) is 12.2. The predicted molar refractivity (Wildman–Crippen MR) is 84.3 cm³/mol. The first-order valence-electron chi connectivity index (χ1n) is 6.34. The molecule has 2 aromatic rings. The van der Waals surface area contributed by atoms with Crippen molar-refractivity contribution in [2.75, 3.05) is 18.6 Å². The Morgan fingerprint density at radius 2 is 1.95 bits per heavy atom. The van der Waals surface area contributed by atoms with Crippen LogP contribution in [-0.4, -0.2) is 28.8 Å². The Hall–Kier alpha value is -3.16. The number of nitrogen functional groups attached to an aromatic ring is 2. The highest BCUT2D eigenvalue weighted by Crippen LogP contribution is 2.25. The van der Waals surface area contributed by atoms with E-state index in [1.165, 1.54) is 14.0 Å². The SMILES string of the molecule is COc1cc(-c2ccc(C(N)=NC(C)=O)c(N)c2)nc(N)n1. The summed E-state index contributed by atoms with van der Waals surface area (Å²) in [6, 6.07) is 6.71. The number of anilines is 2. The number of nitrogens with zero attached hydrogens (tertiary/aromatic N) is 3. The zero-order chi connectivity index (χ0) is 16.3. The number of carbonyl (C=O) groups excluding carboxylic acids is 1. The highest BCUT2D eigenvalue weighted by Gasteiger charge is 2.10. The van der Waals surface area contributed by atoms with Gasteiger partial charge in [-0.25, -0.2) is 4.98 Å². The maximum absolute atomic E-state index is 11.0. The van der Waals surface area contributed by atoms with E-state index in [1.54, 1.807) is 24.3 Å². The van der Waals surface area contributed by atoms with Crippen LogP contribution >= 0.6 is 0 Å². The maximum Gasteiger partial charge on any atom is 0.244 e. The van der Waals surface area contributed by atoms with Crippen molar-refractivity contribution in [3.05, 3.63) is 29.8 Å². The van der Waals surface area contributed by atoms with Gasteiger partial charge in [0.25, 0.3) is 0 Å². The van der Waals surface area contributed by atoms with Gasteiger partial charge in [-0.05, 0) is 12.1 Å². The van der Waals surface area contributed by atoms with Gasteiger partial charge >= 0.3 is 0 Å². The van der Waals surface area contributed by atoms with Gasteiger partial charge in [0.2, 0.25) is 17.7 Å². The Balaban J connectivity index is 2.46. The van der Waals surface area contributed by atoms with Crippen molar-refractivity contribution < 1.29 is 9.53 Å². The minimum Gasteiger partial charge on any atom is -0.481 e. The van der Waals surface area contributed by atoms with E-state index in [0.717, 1.165) is 0 Å². The quantitative estimate of drug-likeness (QED) is 0.427. The molecule has 0 unspecified atom stereocenters. The molecule has 0 saturated heterocycles. The molecule has 6 N–H and O–H groups in total. The number of hydrogen-bond acceptors (Lipinski definition) is 6. The van der Waals surface area contributed by atoms with Crippen LogP contribution < -0.4 is 21.9 Å². The summed E-state index contributed by atoms with van der Waals surface area (Å²) in [5.74, 6) is 0.114. The van der Waals surface area contributed by atoms with E-state index >= 15 is 0 Å². The summed E-state index contributed by atoms with van der Waals surface area (Å²) in [6.07, 6.45) is 0. The summed E-state index contributed by atoms with van der Waals surface area (Å²) in [5, 5.41) is 0. The second-order valence-corrected chi connectivity index (χ2v) is 4.47. The lowest BCUT2D eigenvalue weighted by Crippen LogP contribution is -2.17. The minimum absolute atomic E-state index is 0.0660. The lowest BCUT2D eigenvalue weighted by Gasteiger charge is -2.09. The Morgan fingerprint density at radius 1 is 1.23 bits per heavy atom. The van der Waals surface area contributed by atoms with Gasteiger partial charge in [0.15, 0.2) is 0 Å². The maximum atomic E-state index is 11.0. The first-order valence-corrected chi connectivity index (χ1v) is 6.34. The molecule has 1 amide bonds. The summed E-state index contributed by atoms with van der Waals surface area (Å²) in [6.45, 7) is 1.31. The molecule has 1 aromatic carbocycles. The van der Waals surface area contributed by atoms with Gasteiger partial charge in [-0.15, -0.1) is 0 Å². The predicted octanol–water partition coefficient (Wildman–Crippen LogP) is 0.568. The summed E-state index contributed by atoms with van der Waals surface area (Å²) >= 11 is 0. The number of aromatic nitrogens is 2. The lowest BCUT2D eigenvalue weighted by atomic mass is 10.1. The standard InChI is InChI=1S/C14H16N6O2/c1-7(21)18-13(16)9-4-3-8(5-10(9)15)11-6-12(22-2)20-14(17)19-11/h3-6H,15H2,1-2H3,(H2,16,18,21)(H2,17,19,20).